The third-order valence-electron chi connectivity index (χ3n) is 5.08. The van der Waals surface area contributed by atoms with Gasteiger partial charge in [0.2, 0.25) is 15.9 Å². The predicted octanol–water partition coefficient (Wildman–Crippen LogP) is 0.274. The molecule has 1 aliphatic rings. The van der Waals surface area contributed by atoms with Crippen LogP contribution in [0.1, 0.15) is 33.3 Å². The highest BCUT2D eigenvalue weighted by atomic mass is 32.2. The molecule has 1 heterocycles. The Kier molecular flexibility index (Phi) is 5.59. The van der Waals surface area contributed by atoms with E-state index in [0.717, 1.165) is 9.77 Å². The fourth-order valence-electron chi connectivity index (χ4n) is 2.67. The van der Waals surface area contributed by atoms with Crippen molar-refractivity contribution in [2.24, 2.45) is 5.73 Å². The lowest BCUT2D eigenvalue weighted by molar-refractivity contribution is -0.117. The fourth-order valence-corrected chi connectivity index (χ4v) is 3.87. The molecule has 26 heavy (non-hydrogen) atoms. The number of amides is 1. The molecular weight excluding hydrogens is 355 g/mol. The second-order valence-corrected chi connectivity index (χ2v) is 10.1. The maximum absolute atomic E-state index is 12.4. The van der Waals surface area contributed by atoms with Gasteiger partial charge in [0.15, 0.2) is 5.25 Å². The van der Waals surface area contributed by atoms with Crippen LogP contribution in [0.5, 0.6) is 0 Å². The first-order valence-electron chi connectivity index (χ1n) is 8.43. The molecule has 144 valence electrons. The van der Waals surface area contributed by atoms with Crippen molar-refractivity contribution in [1.82, 2.24) is 4.31 Å². The zero-order valence-corrected chi connectivity index (χ0v) is 17.0. The lowest BCUT2D eigenvalue weighted by atomic mass is 9.78. The van der Waals surface area contributed by atoms with E-state index in [2.05, 4.69) is 0 Å². The summed E-state index contributed by atoms with van der Waals surface area (Å²) in [5.74, 6) is -0.875. The molecule has 1 unspecified atom stereocenters. The summed E-state index contributed by atoms with van der Waals surface area (Å²) in [7, 11) is -1.61. The van der Waals surface area contributed by atoms with Crippen molar-refractivity contribution in [3.8, 4) is 0 Å². The molecule has 9 heteroatoms. The highest BCUT2D eigenvalue weighted by molar-refractivity contribution is 7.90. The normalized spacial score (nSPS) is 20.3. The fraction of sp³-hybridized carbons (Fsp3) is 0.588. The predicted molar refractivity (Wildman–Crippen MR) is 101 cm³/mol. The van der Waals surface area contributed by atoms with Gasteiger partial charge in [-0.2, -0.15) is 0 Å². The average Bonchev–Trinajstić information content (AvgIpc) is 2.73. The Morgan fingerprint density at radius 1 is 1.19 bits per heavy atom. The monoisotopic (exact) mass is 382 g/mol. The van der Waals surface area contributed by atoms with Crippen LogP contribution in [0.15, 0.2) is 24.3 Å². The minimum Gasteiger partial charge on any atom is -0.399 e. The van der Waals surface area contributed by atoms with E-state index in [4.69, 9.17) is 15.0 Å². The SMILES string of the molecule is CN(C)S(=O)(=O)C(Cc1cccc(B2OC(C)(C)C(C)(C)O2)c1)C(N)=O. The third-order valence-corrected chi connectivity index (χ3v) is 7.22. The first-order valence-corrected chi connectivity index (χ1v) is 9.93. The number of rotatable bonds is 6. The van der Waals surface area contributed by atoms with E-state index < -0.39 is 39.5 Å². The lowest BCUT2D eigenvalue weighted by Crippen LogP contribution is -2.44. The Balaban J connectivity index is 2.29. The molecule has 0 saturated carbocycles. The van der Waals surface area contributed by atoms with Crippen molar-refractivity contribution < 1.29 is 22.5 Å². The molecule has 2 N–H and O–H groups in total. The van der Waals surface area contributed by atoms with Crippen LogP contribution in [0.2, 0.25) is 0 Å². The van der Waals surface area contributed by atoms with Gasteiger partial charge < -0.3 is 15.0 Å². The maximum Gasteiger partial charge on any atom is 0.494 e. The molecule has 0 aromatic heterocycles. The molecule has 0 spiro atoms. The van der Waals surface area contributed by atoms with Gasteiger partial charge in [0.05, 0.1) is 11.2 Å². The van der Waals surface area contributed by atoms with Crippen LogP contribution in [0.3, 0.4) is 0 Å². The van der Waals surface area contributed by atoms with E-state index >= 15 is 0 Å². The molecule has 0 bridgehead atoms. The van der Waals surface area contributed by atoms with Crippen LogP contribution in [0, 0.1) is 0 Å². The van der Waals surface area contributed by atoms with Gasteiger partial charge in [-0.3, -0.25) is 4.79 Å². The summed E-state index contributed by atoms with van der Waals surface area (Å²) in [5, 5.41) is -1.33. The number of carbonyl (C=O) groups excluding carboxylic acids is 1. The second-order valence-electron chi connectivity index (χ2n) is 7.76. The van der Waals surface area contributed by atoms with Gasteiger partial charge in [0.1, 0.15) is 0 Å². The molecule has 0 aliphatic carbocycles. The summed E-state index contributed by atoms with van der Waals surface area (Å²) >= 11 is 0. The van der Waals surface area contributed by atoms with Gasteiger partial charge >= 0.3 is 7.12 Å². The van der Waals surface area contributed by atoms with Crippen molar-refractivity contribution in [1.29, 1.82) is 0 Å². The third kappa shape index (κ3) is 3.95. The number of hydrogen-bond acceptors (Lipinski definition) is 5. The van der Waals surface area contributed by atoms with E-state index in [-0.39, 0.29) is 6.42 Å². The number of carbonyl (C=O) groups is 1. The Bertz CT molecular complexity index is 776. The zero-order chi connectivity index (χ0) is 19.9. The largest absolute Gasteiger partial charge is 0.494 e. The molecule has 1 aromatic rings. The molecule has 1 aliphatic heterocycles. The minimum absolute atomic E-state index is 0.0107. The van der Waals surface area contributed by atoms with Gasteiger partial charge in [0, 0.05) is 14.1 Å². The Hall–Kier alpha value is -1.42. The topological polar surface area (TPSA) is 98.9 Å². The first-order chi connectivity index (χ1) is 11.8. The maximum atomic E-state index is 12.4. The van der Waals surface area contributed by atoms with E-state index in [1.807, 2.05) is 33.8 Å². The van der Waals surface area contributed by atoms with E-state index in [9.17, 15) is 13.2 Å². The van der Waals surface area contributed by atoms with E-state index in [1.165, 1.54) is 14.1 Å². The van der Waals surface area contributed by atoms with Gasteiger partial charge in [-0.25, -0.2) is 12.7 Å². The summed E-state index contributed by atoms with van der Waals surface area (Å²) in [6.07, 6.45) is -0.0107. The molecule has 1 atom stereocenters. The lowest BCUT2D eigenvalue weighted by Gasteiger charge is -2.32. The summed E-state index contributed by atoms with van der Waals surface area (Å²) in [6, 6.07) is 7.19. The summed E-state index contributed by atoms with van der Waals surface area (Å²) in [5.41, 5.74) is 5.84. The van der Waals surface area contributed by atoms with Crippen LogP contribution in [-0.2, 0) is 30.5 Å². The van der Waals surface area contributed by atoms with Gasteiger partial charge in [-0.1, -0.05) is 24.3 Å². The first kappa shape index (κ1) is 20.9. The molecule has 1 saturated heterocycles. The van der Waals surface area contributed by atoms with Crippen LogP contribution in [0.25, 0.3) is 0 Å². The second kappa shape index (κ2) is 6.96. The molecular formula is C17H27BN2O5S. The van der Waals surface area contributed by atoms with Crippen molar-refractivity contribution in [3.63, 3.8) is 0 Å². The van der Waals surface area contributed by atoms with Crippen LogP contribution in [0.4, 0.5) is 0 Å². The summed E-state index contributed by atoms with van der Waals surface area (Å²) in [4.78, 5) is 11.7. The number of nitrogens with two attached hydrogens (primary N) is 1. The molecule has 1 aromatic carbocycles. The smallest absolute Gasteiger partial charge is 0.399 e. The zero-order valence-electron chi connectivity index (χ0n) is 16.1. The molecule has 2 rings (SSSR count). The summed E-state index contributed by atoms with van der Waals surface area (Å²) in [6.45, 7) is 7.85. The number of benzene rings is 1. The summed E-state index contributed by atoms with van der Waals surface area (Å²) < 4.78 is 37.8. The number of nitrogens with zero attached hydrogens (tertiary/aromatic N) is 1. The van der Waals surface area contributed by atoms with Gasteiger partial charge in [-0.05, 0) is 45.1 Å². The van der Waals surface area contributed by atoms with E-state index in [0.29, 0.717) is 5.56 Å². The number of hydrogen-bond donors (Lipinski definition) is 1. The number of primary amides is 1. The molecule has 7 nitrogen and oxygen atoms in total. The van der Waals surface area contributed by atoms with Crippen molar-refractivity contribution in [2.45, 2.75) is 50.6 Å². The van der Waals surface area contributed by atoms with Crippen molar-refractivity contribution in [3.05, 3.63) is 29.8 Å². The molecule has 1 fully saturated rings. The highest BCUT2D eigenvalue weighted by Gasteiger charge is 2.51. The Morgan fingerprint density at radius 2 is 1.73 bits per heavy atom. The standard InChI is InChI=1S/C17H27BN2O5S/c1-16(2)17(3,4)25-18(24-16)13-9-7-8-12(10-13)11-14(15(19)21)26(22,23)20(5)6/h7-10,14H,11H2,1-6H3,(H2,19,21). The Labute approximate surface area is 156 Å². The number of sulfonamides is 1. The van der Waals surface area contributed by atoms with Crippen LogP contribution < -0.4 is 11.2 Å². The van der Waals surface area contributed by atoms with Gasteiger partial charge in [0.25, 0.3) is 0 Å². The quantitative estimate of drug-likeness (QED) is 0.713. The van der Waals surface area contributed by atoms with Crippen molar-refractivity contribution >= 4 is 28.5 Å². The Morgan fingerprint density at radius 3 is 2.19 bits per heavy atom. The van der Waals surface area contributed by atoms with Crippen LogP contribution in [-0.4, -0.2) is 56.3 Å². The van der Waals surface area contributed by atoms with E-state index in [1.54, 1.807) is 18.2 Å². The van der Waals surface area contributed by atoms with Gasteiger partial charge in [-0.15, -0.1) is 0 Å². The molecule has 1 amide bonds. The average molecular weight is 382 g/mol. The highest BCUT2D eigenvalue weighted by Crippen LogP contribution is 2.36. The van der Waals surface area contributed by atoms with Crippen LogP contribution >= 0.6 is 0 Å². The molecule has 0 radical (unpaired) electrons. The minimum atomic E-state index is -3.81. The van der Waals surface area contributed by atoms with Crippen molar-refractivity contribution in [2.75, 3.05) is 14.1 Å².